The molecule has 0 amide bonds. The molecule has 0 atom stereocenters. The molecule has 0 aliphatic carbocycles. The standard InChI is InChI=1S/C22H25N5O/c1-2-28-20-11-7-6-10-19(20)24-21-12-13-23-22(25-21)27-16-14-26(15-17-27)18-8-4-3-5-9-18/h3-13H,2,14-17H2,1H3,(H,23,24,25). The van der Waals surface area contributed by atoms with Gasteiger partial charge in [0.1, 0.15) is 11.6 Å². The third-order valence-corrected chi connectivity index (χ3v) is 4.78. The van der Waals surface area contributed by atoms with Crippen LogP contribution in [-0.2, 0) is 0 Å². The van der Waals surface area contributed by atoms with Crippen LogP contribution in [0, 0.1) is 0 Å². The summed E-state index contributed by atoms with van der Waals surface area (Å²) >= 11 is 0. The van der Waals surface area contributed by atoms with Crippen LogP contribution in [0.15, 0.2) is 66.9 Å². The number of piperazine rings is 1. The van der Waals surface area contributed by atoms with Gasteiger partial charge in [-0.25, -0.2) is 4.98 Å². The highest BCUT2D eigenvalue weighted by molar-refractivity contribution is 5.64. The predicted molar refractivity (Wildman–Crippen MR) is 114 cm³/mol. The van der Waals surface area contributed by atoms with Crippen LogP contribution in [-0.4, -0.2) is 42.8 Å². The Labute approximate surface area is 165 Å². The lowest BCUT2D eigenvalue weighted by Crippen LogP contribution is -2.47. The van der Waals surface area contributed by atoms with Gasteiger partial charge in [-0.1, -0.05) is 30.3 Å². The maximum Gasteiger partial charge on any atom is 0.227 e. The summed E-state index contributed by atoms with van der Waals surface area (Å²) in [6.45, 7) is 6.31. The molecular weight excluding hydrogens is 350 g/mol. The van der Waals surface area contributed by atoms with Crippen molar-refractivity contribution in [2.45, 2.75) is 6.92 Å². The van der Waals surface area contributed by atoms with Crippen LogP contribution in [0.3, 0.4) is 0 Å². The Bertz CT molecular complexity index is 894. The summed E-state index contributed by atoms with van der Waals surface area (Å²) in [7, 11) is 0. The molecule has 0 bridgehead atoms. The zero-order chi connectivity index (χ0) is 19.2. The van der Waals surface area contributed by atoms with E-state index in [-0.39, 0.29) is 0 Å². The van der Waals surface area contributed by atoms with Gasteiger partial charge < -0.3 is 19.9 Å². The van der Waals surface area contributed by atoms with Crippen LogP contribution in [0.1, 0.15) is 6.92 Å². The molecule has 144 valence electrons. The SMILES string of the molecule is CCOc1ccccc1Nc1ccnc(N2CCN(c3ccccc3)CC2)n1. The Balaban J connectivity index is 1.43. The van der Waals surface area contributed by atoms with Crippen LogP contribution in [0.4, 0.5) is 23.1 Å². The molecule has 6 nitrogen and oxygen atoms in total. The molecule has 2 heterocycles. The molecule has 0 saturated carbocycles. The Kier molecular flexibility index (Phi) is 5.56. The lowest BCUT2D eigenvalue weighted by Gasteiger charge is -2.36. The molecule has 28 heavy (non-hydrogen) atoms. The van der Waals surface area contributed by atoms with Crippen LogP contribution in [0.25, 0.3) is 0 Å². The molecular formula is C22H25N5O. The Hall–Kier alpha value is -3.28. The number of nitrogens with zero attached hydrogens (tertiary/aromatic N) is 4. The Morgan fingerprint density at radius 2 is 1.61 bits per heavy atom. The molecule has 0 unspecified atom stereocenters. The van der Waals surface area contributed by atoms with E-state index in [1.807, 2.05) is 37.3 Å². The minimum absolute atomic E-state index is 0.624. The summed E-state index contributed by atoms with van der Waals surface area (Å²) in [5.74, 6) is 2.34. The van der Waals surface area contributed by atoms with E-state index in [0.29, 0.717) is 6.61 Å². The maximum absolute atomic E-state index is 5.69. The number of nitrogens with one attached hydrogen (secondary N) is 1. The van der Waals surface area contributed by atoms with E-state index in [9.17, 15) is 0 Å². The molecule has 2 aromatic carbocycles. The molecule has 1 fully saturated rings. The topological polar surface area (TPSA) is 53.5 Å². The number of ether oxygens (including phenoxy) is 1. The smallest absolute Gasteiger partial charge is 0.227 e. The molecule has 6 heteroatoms. The molecule has 0 radical (unpaired) electrons. The van der Waals surface area contributed by atoms with Crippen molar-refractivity contribution in [2.24, 2.45) is 0 Å². The first-order valence-corrected chi connectivity index (χ1v) is 9.70. The summed E-state index contributed by atoms with van der Waals surface area (Å²) in [6, 6.07) is 20.3. The fraction of sp³-hybridized carbons (Fsp3) is 0.273. The van der Waals surface area contributed by atoms with Crippen LogP contribution < -0.4 is 19.9 Å². The van der Waals surface area contributed by atoms with E-state index < -0.39 is 0 Å². The van der Waals surface area contributed by atoms with E-state index >= 15 is 0 Å². The van der Waals surface area contributed by atoms with Crippen LogP contribution in [0.2, 0.25) is 0 Å². The summed E-state index contributed by atoms with van der Waals surface area (Å²) in [4.78, 5) is 13.8. The lowest BCUT2D eigenvalue weighted by atomic mass is 10.2. The average Bonchev–Trinajstić information content (AvgIpc) is 2.76. The van der Waals surface area contributed by atoms with Crippen molar-refractivity contribution in [3.05, 3.63) is 66.9 Å². The van der Waals surface area contributed by atoms with Gasteiger partial charge in [0.15, 0.2) is 0 Å². The predicted octanol–water partition coefficient (Wildman–Crippen LogP) is 3.95. The van der Waals surface area contributed by atoms with Crippen molar-refractivity contribution < 1.29 is 4.74 Å². The van der Waals surface area contributed by atoms with E-state index in [2.05, 4.69) is 50.4 Å². The average molecular weight is 375 g/mol. The largest absolute Gasteiger partial charge is 0.492 e. The normalized spacial score (nSPS) is 14.0. The molecule has 1 N–H and O–H groups in total. The van der Waals surface area contributed by atoms with Crippen LogP contribution in [0.5, 0.6) is 5.75 Å². The molecule has 1 aliphatic rings. The first-order valence-electron chi connectivity index (χ1n) is 9.70. The minimum atomic E-state index is 0.624. The highest BCUT2D eigenvalue weighted by Crippen LogP contribution is 2.27. The quantitative estimate of drug-likeness (QED) is 0.704. The van der Waals surface area contributed by atoms with E-state index in [0.717, 1.165) is 49.4 Å². The number of hydrogen-bond acceptors (Lipinski definition) is 6. The second-order valence-electron chi connectivity index (χ2n) is 6.61. The summed E-state index contributed by atoms with van der Waals surface area (Å²) in [6.07, 6.45) is 1.80. The van der Waals surface area contributed by atoms with Gasteiger partial charge in [0.05, 0.1) is 12.3 Å². The van der Waals surface area contributed by atoms with Crippen molar-refractivity contribution in [3.8, 4) is 5.75 Å². The fourth-order valence-corrected chi connectivity index (χ4v) is 3.36. The first-order chi connectivity index (χ1) is 13.8. The first kappa shape index (κ1) is 18.1. The van der Waals surface area contributed by atoms with Gasteiger partial charge in [-0.2, -0.15) is 4.98 Å². The van der Waals surface area contributed by atoms with E-state index in [1.165, 1.54) is 5.69 Å². The molecule has 4 rings (SSSR count). The number of para-hydroxylation sites is 3. The molecule has 3 aromatic rings. The number of rotatable bonds is 6. The van der Waals surface area contributed by atoms with Crippen molar-refractivity contribution in [2.75, 3.05) is 47.9 Å². The molecule has 1 saturated heterocycles. The zero-order valence-corrected chi connectivity index (χ0v) is 16.1. The summed E-state index contributed by atoms with van der Waals surface area (Å²) in [5, 5.41) is 3.36. The number of benzene rings is 2. The van der Waals surface area contributed by atoms with E-state index in [4.69, 9.17) is 9.72 Å². The van der Waals surface area contributed by atoms with Gasteiger partial charge in [-0.3, -0.25) is 0 Å². The van der Waals surface area contributed by atoms with Gasteiger partial charge in [0.2, 0.25) is 5.95 Å². The lowest BCUT2D eigenvalue weighted by molar-refractivity contribution is 0.342. The van der Waals surface area contributed by atoms with Gasteiger partial charge in [0.25, 0.3) is 0 Å². The van der Waals surface area contributed by atoms with Gasteiger partial charge in [-0.05, 0) is 37.3 Å². The monoisotopic (exact) mass is 375 g/mol. The van der Waals surface area contributed by atoms with Crippen molar-refractivity contribution >= 4 is 23.1 Å². The number of aromatic nitrogens is 2. The van der Waals surface area contributed by atoms with Crippen molar-refractivity contribution in [1.29, 1.82) is 0 Å². The summed E-state index contributed by atoms with van der Waals surface area (Å²) < 4.78 is 5.69. The second kappa shape index (κ2) is 8.61. The molecule has 1 aliphatic heterocycles. The fourth-order valence-electron chi connectivity index (χ4n) is 3.36. The number of anilines is 4. The summed E-state index contributed by atoms with van der Waals surface area (Å²) in [5.41, 5.74) is 2.17. The highest BCUT2D eigenvalue weighted by Gasteiger charge is 2.19. The minimum Gasteiger partial charge on any atom is -0.492 e. The molecule has 1 aromatic heterocycles. The highest BCUT2D eigenvalue weighted by atomic mass is 16.5. The third-order valence-electron chi connectivity index (χ3n) is 4.78. The maximum atomic E-state index is 5.69. The number of hydrogen-bond donors (Lipinski definition) is 1. The Morgan fingerprint density at radius 3 is 2.39 bits per heavy atom. The van der Waals surface area contributed by atoms with Gasteiger partial charge in [0, 0.05) is 38.1 Å². The second-order valence-corrected chi connectivity index (χ2v) is 6.61. The van der Waals surface area contributed by atoms with Gasteiger partial charge >= 0.3 is 0 Å². The van der Waals surface area contributed by atoms with Crippen molar-refractivity contribution in [1.82, 2.24) is 9.97 Å². The zero-order valence-electron chi connectivity index (χ0n) is 16.1. The van der Waals surface area contributed by atoms with Gasteiger partial charge in [-0.15, -0.1) is 0 Å². The van der Waals surface area contributed by atoms with Crippen LogP contribution >= 0.6 is 0 Å². The third kappa shape index (κ3) is 4.17. The van der Waals surface area contributed by atoms with E-state index in [1.54, 1.807) is 6.20 Å². The Morgan fingerprint density at radius 1 is 0.893 bits per heavy atom. The van der Waals surface area contributed by atoms with Crippen molar-refractivity contribution in [3.63, 3.8) is 0 Å². The molecule has 0 spiro atoms.